The van der Waals surface area contributed by atoms with Crippen molar-refractivity contribution in [1.29, 1.82) is 0 Å². The molecule has 5 heterocycles. The van der Waals surface area contributed by atoms with Crippen LogP contribution in [-0.2, 0) is 46.9 Å². The van der Waals surface area contributed by atoms with Crippen LogP contribution in [0.25, 0.3) is 32.4 Å². The van der Waals surface area contributed by atoms with Crippen molar-refractivity contribution in [2.75, 3.05) is 29.0 Å². The summed E-state index contributed by atoms with van der Waals surface area (Å²) in [6, 6.07) is 8.03. The number of halogens is 7. The molecular weight excluding hydrogens is 868 g/mol. The SMILES string of the molecule is Cn1nc(NS(C)(=O)=O)c2cccc(-c3cc4sc(N5CCC(C)(O)CC5)nc4nc3C(Cc3cc(F)cc(F)c3)NC(=O)Cn3nc(C(F)(F)F)c4c3C(F)(F)[C@@H]3C=C[C@H]43)c21. The van der Waals surface area contributed by atoms with Gasteiger partial charge in [-0.3, -0.25) is 18.9 Å². The second kappa shape index (κ2) is 14.5. The maximum absolute atomic E-state index is 15.7. The van der Waals surface area contributed by atoms with Crippen molar-refractivity contribution in [2.24, 2.45) is 13.0 Å². The minimum Gasteiger partial charge on any atom is -0.390 e. The van der Waals surface area contributed by atoms with Crippen LogP contribution in [0.15, 0.2) is 54.6 Å². The molecule has 22 heteroatoms. The van der Waals surface area contributed by atoms with Crippen molar-refractivity contribution in [3.8, 4) is 11.1 Å². The number of nitrogens with one attached hydrogen (secondary N) is 2. The van der Waals surface area contributed by atoms with Gasteiger partial charge in [-0.05, 0) is 56.0 Å². The zero-order valence-corrected chi connectivity index (χ0v) is 34.6. The summed E-state index contributed by atoms with van der Waals surface area (Å²) in [6.07, 6.45) is -1.22. The van der Waals surface area contributed by atoms with Crippen LogP contribution in [-0.4, -0.2) is 73.9 Å². The van der Waals surface area contributed by atoms with Crippen LogP contribution >= 0.6 is 11.3 Å². The summed E-state index contributed by atoms with van der Waals surface area (Å²) in [5, 5.41) is 22.1. The highest BCUT2D eigenvalue weighted by Crippen LogP contribution is 2.60. The molecule has 3 N–H and O–H groups in total. The molecule has 1 unspecified atom stereocenters. The van der Waals surface area contributed by atoms with Crippen LogP contribution in [0.3, 0.4) is 0 Å². The Labute approximate surface area is 352 Å². The number of aryl methyl sites for hydroxylation is 1. The Hall–Kier alpha value is -5.61. The Morgan fingerprint density at radius 3 is 2.39 bits per heavy atom. The maximum Gasteiger partial charge on any atom is 0.435 e. The molecule has 1 aliphatic heterocycles. The third kappa shape index (κ3) is 7.44. The fraction of sp³-hybridized carbons (Fsp3) is 0.375. The number of hydrogen-bond donors (Lipinski definition) is 3. The van der Waals surface area contributed by atoms with E-state index < -0.39 is 86.6 Å². The fourth-order valence-electron chi connectivity index (χ4n) is 8.60. The predicted octanol–water partition coefficient (Wildman–Crippen LogP) is 6.94. The summed E-state index contributed by atoms with van der Waals surface area (Å²) in [4.78, 5) is 25.8. The number of allylic oxidation sites excluding steroid dienone is 2. The number of benzene rings is 2. The van der Waals surface area contributed by atoms with E-state index in [1.165, 1.54) is 22.1 Å². The van der Waals surface area contributed by atoms with Crippen LogP contribution in [0.1, 0.15) is 59.9 Å². The number of aromatic nitrogens is 6. The van der Waals surface area contributed by atoms with Crippen molar-refractivity contribution in [2.45, 2.75) is 62.4 Å². The topological polar surface area (TPSA) is 160 Å². The lowest BCUT2D eigenvalue weighted by atomic mass is 9.81. The lowest BCUT2D eigenvalue weighted by molar-refractivity contribution is -0.142. The van der Waals surface area contributed by atoms with Gasteiger partial charge in [0, 0.05) is 54.2 Å². The quantitative estimate of drug-likeness (QED) is 0.0979. The number of anilines is 2. The van der Waals surface area contributed by atoms with Gasteiger partial charge in [0.25, 0.3) is 5.92 Å². The van der Waals surface area contributed by atoms with Gasteiger partial charge in [0.15, 0.2) is 22.3 Å². The molecule has 9 rings (SSSR count). The van der Waals surface area contributed by atoms with Crippen LogP contribution in [0.4, 0.5) is 41.7 Å². The van der Waals surface area contributed by atoms with E-state index in [2.05, 4.69) is 20.2 Å². The van der Waals surface area contributed by atoms with Gasteiger partial charge in [-0.2, -0.15) is 37.1 Å². The van der Waals surface area contributed by atoms with Crippen LogP contribution in [0, 0.1) is 17.6 Å². The van der Waals surface area contributed by atoms with Crippen molar-refractivity contribution in [1.82, 2.24) is 34.8 Å². The molecule has 3 atom stereocenters. The highest BCUT2D eigenvalue weighted by atomic mass is 32.2. The molecule has 2 aromatic carbocycles. The lowest BCUT2D eigenvalue weighted by Crippen LogP contribution is -2.42. The summed E-state index contributed by atoms with van der Waals surface area (Å²) >= 11 is 1.29. The van der Waals surface area contributed by atoms with E-state index in [1.54, 1.807) is 38.2 Å². The number of carbonyl (C=O) groups excluding carboxylic acids is 1. The van der Waals surface area contributed by atoms with Gasteiger partial charge < -0.3 is 15.3 Å². The summed E-state index contributed by atoms with van der Waals surface area (Å²) in [5.74, 6) is -9.51. The minimum atomic E-state index is -5.11. The smallest absolute Gasteiger partial charge is 0.390 e. The van der Waals surface area contributed by atoms with Gasteiger partial charge in [0.2, 0.25) is 15.9 Å². The Morgan fingerprint density at radius 1 is 1.03 bits per heavy atom. The van der Waals surface area contributed by atoms with E-state index in [4.69, 9.17) is 9.97 Å². The zero-order chi connectivity index (χ0) is 44.3. The van der Waals surface area contributed by atoms with Gasteiger partial charge in [0.1, 0.15) is 23.9 Å². The van der Waals surface area contributed by atoms with E-state index in [-0.39, 0.29) is 29.1 Å². The Bertz CT molecular complexity index is 2930. The van der Waals surface area contributed by atoms with Crippen molar-refractivity contribution >= 4 is 59.5 Å². The first-order valence-corrected chi connectivity index (χ1v) is 22.0. The normalized spacial score (nSPS) is 19.7. The number of alkyl halides is 5. The van der Waals surface area contributed by atoms with Crippen molar-refractivity contribution < 1.29 is 49.1 Å². The number of carbonyl (C=O) groups is 1. The molecule has 1 amide bonds. The van der Waals surface area contributed by atoms with Gasteiger partial charge in [-0.15, -0.1) is 0 Å². The predicted molar refractivity (Wildman–Crippen MR) is 215 cm³/mol. The summed E-state index contributed by atoms with van der Waals surface area (Å²) < 4.78 is 133. The minimum absolute atomic E-state index is 0.00834. The Morgan fingerprint density at radius 2 is 1.74 bits per heavy atom. The maximum atomic E-state index is 15.7. The molecule has 1 saturated heterocycles. The number of amides is 1. The third-order valence-electron chi connectivity index (χ3n) is 11.5. The molecule has 13 nitrogen and oxygen atoms in total. The third-order valence-corrected chi connectivity index (χ3v) is 13.1. The second-order valence-corrected chi connectivity index (χ2v) is 19.0. The fourth-order valence-corrected chi connectivity index (χ4v) is 10.1. The molecule has 4 aromatic heterocycles. The van der Waals surface area contributed by atoms with Gasteiger partial charge in [0.05, 0.1) is 39.7 Å². The second-order valence-electron chi connectivity index (χ2n) is 16.2. The van der Waals surface area contributed by atoms with Crippen LogP contribution < -0.4 is 14.9 Å². The summed E-state index contributed by atoms with van der Waals surface area (Å²) in [5.41, 5.74) is -2.67. The molecule has 0 bridgehead atoms. The number of fused-ring (bicyclic) bond motifs is 5. The lowest BCUT2D eigenvalue weighted by Gasteiger charge is -2.35. The largest absolute Gasteiger partial charge is 0.435 e. The number of pyridine rings is 1. The molecule has 2 aliphatic carbocycles. The summed E-state index contributed by atoms with van der Waals surface area (Å²) in [6.45, 7) is 1.62. The molecule has 1 fully saturated rings. The van der Waals surface area contributed by atoms with Gasteiger partial charge in [-0.25, -0.2) is 22.2 Å². The molecule has 62 heavy (non-hydrogen) atoms. The number of thiazole rings is 1. The average molecular weight is 904 g/mol. The molecule has 3 aliphatic rings. The van der Waals surface area contributed by atoms with Crippen molar-refractivity contribution in [3.05, 3.63) is 94.5 Å². The monoisotopic (exact) mass is 903 g/mol. The molecular formula is C40H36F7N9O4S2. The number of nitrogens with zero attached hydrogens (tertiary/aromatic N) is 7. The first-order valence-electron chi connectivity index (χ1n) is 19.3. The standard InChI is InChI=1S/C40H36F7N9O4S2/c1-38(58)9-11-55(12-10-38)37-50-36-28(61-37)17-25(22-5-4-6-24-32(22)54(2)52-35(24)53-62(3,59)60)31(49-36)27(15-19-13-20(41)16-21(42)14-19)48-29(57)18-56-34-30(33(51-56)40(45,46)47)23-7-8-26(23)39(34,43)44/h4-8,13-14,16-17,23,26-27,58H,9-12,15,18H2,1-3H3,(H,48,57)(H,52,53)/t23-,26+,27?/m0/s1. The van der Waals surface area contributed by atoms with Crippen molar-refractivity contribution in [3.63, 3.8) is 0 Å². The Balaban J connectivity index is 1.19. The highest BCUT2D eigenvalue weighted by Gasteiger charge is 2.61. The molecule has 0 spiro atoms. The number of para-hydroxylation sites is 1. The van der Waals surface area contributed by atoms with Gasteiger partial charge >= 0.3 is 6.18 Å². The average Bonchev–Trinajstić information content (AvgIpc) is 3.85. The van der Waals surface area contributed by atoms with E-state index in [1.807, 2.05) is 4.90 Å². The number of hydrogen-bond acceptors (Lipinski definition) is 10. The number of aliphatic hydroxyl groups is 1. The molecule has 0 saturated carbocycles. The van der Waals surface area contributed by atoms with E-state index >= 15 is 8.78 Å². The zero-order valence-electron chi connectivity index (χ0n) is 32.9. The first-order chi connectivity index (χ1) is 29.1. The summed E-state index contributed by atoms with van der Waals surface area (Å²) in [7, 11) is -2.22. The number of piperidine rings is 1. The molecule has 0 radical (unpaired) electrons. The number of sulfonamides is 1. The van der Waals surface area contributed by atoms with Crippen LogP contribution in [0.2, 0.25) is 0 Å². The molecule has 326 valence electrons. The first kappa shape index (κ1) is 41.7. The van der Waals surface area contributed by atoms with E-state index in [0.29, 0.717) is 68.5 Å². The Kier molecular flexibility index (Phi) is 9.74. The number of rotatable bonds is 10. The van der Waals surface area contributed by atoms with E-state index in [0.717, 1.165) is 24.5 Å². The molecule has 6 aromatic rings. The van der Waals surface area contributed by atoms with Crippen LogP contribution in [0.5, 0.6) is 0 Å². The highest BCUT2D eigenvalue weighted by molar-refractivity contribution is 7.92. The van der Waals surface area contributed by atoms with E-state index in [9.17, 15) is 40.3 Å². The van der Waals surface area contributed by atoms with Gasteiger partial charge in [-0.1, -0.05) is 35.6 Å².